The maximum absolute atomic E-state index is 13.5. The van der Waals surface area contributed by atoms with Gasteiger partial charge in [-0.15, -0.1) is 11.3 Å². The third-order valence-electron chi connectivity index (χ3n) is 10.5. The van der Waals surface area contributed by atoms with Gasteiger partial charge in [0.2, 0.25) is 5.91 Å². The van der Waals surface area contributed by atoms with Crippen molar-refractivity contribution in [3.05, 3.63) is 93.9 Å². The molecule has 264 valence electrons. The molecule has 0 radical (unpaired) electrons. The molecule has 8 nitrogen and oxygen atoms in total. The number of aliphatic hydroxyl groups excluding tert-OH is 1. The third kappa shape index (κ3) is 8.33. The van der Waals surface area contributed by atoms with E-state index in [1.807, 2.05) is 42.7 Å². The number of benzene rings is 2. The van der Waals surface area contributed by atoms with E-state index in [0.717, 1.165) is 39.0 Å². The number of aliphatic hydroxyl groups is 2. The lowest BCUT2D eigenvalue weighted by molar-refractivity contribution is -0.157. The molecule has 6 rings (SSSR count). The van der Waals surface area contributed by atoms with Crippen LogP contribution in [0.4, 0.5) is 0 Å². The van der Waals surface area contributed by atoms with E-state index in [9.17, 15) is 19.8 Å². The van der Waals surface area contributed by atoms with Gasteiger partial charge in [-0.2, -0.15) is 0 Å². The van der Waals surface area contributed by atoms with Crippen LogP contribution in [-0.2, 0) is 16.6 Å². The van der Waals surface area contributed by atoms with E-state index >= 15 is 0 Å². The Bertz CT molecular complexity index is 1750. The molecule has 1 atom stereocenters. The molecular formula is C41H50N4O4S. The molecule has 2 aliphatic rings. The molecule has 2 fully saturated rings. The average Bonchev–Trinajstić information content (AvgIpc) is 3.60. The molecule has 0 bridgehead atoms. The Morgan fingerprint density at radius 2 is 1.46 bits per heavy atom. The largest absolute Gasteiger partial charge is 0.368 e. The molecule has 9 heteroatoms. The minimum atomic E-state index is -1.47. The number of hydrogen-bond acceptors (Lipinski definition) is 7. The van der Waals surface area contributed by atoms with Crippen molar-refractivity contribution in [1.82, 2.24) is 20.2 Å². The van der Waals surface area contributed by atoms with Gasteiger partial charge in [0.15, 0.2) is 12.1 Å². The van der Waals surface area contributed by atoms with Gasteiger partial charge in [0.1, 0.15) is 6.04 Å². The number of rotatable bonds is 10. The summed E-state index contributed by atoms with van der Waals surface area (Å²) in [7, 11) is 0. The summed E-state index contributed by atoms with van der Waals surface area (Å²) < 4.78 is 0. The van der Waals surface area contributed by atoms with Crippen molar-refractivity contribution in [2.24, 2.45) is 17.8 Å². The predicted molar refractivity (Wildman–Crippen MR) is 199 cm³/mol. The van der Waals surface area contributed by atoms with Gasteiger partial charge < -0.3 is 20.4 Å². The van der Waals surface area contributed by atoms with Crippen LogP contribution in [0.5, 0.6) is 0 Å². The monoisotopic (exact) mass is 694 g/mol. The molecule has 2 aromatic heterocycles. The summed E-state index contributed by atoms with van der Waals surface area (Å²) in [5, 5.41) is 22.0. The van der Waals surface area contributed by atoms with E-state index in [2.05, 4.69) is 74.2 Å². The Labute approximate surface area is 300 Å². The van der Waals surface area contributed by atoms with Crippen LogP contribution < -0.4 is 5.32 Å². The number of nitrogens with zero attached hydrogens (tertiary/aromatic N) is 3. The topological polar surface area (TPSA) is 116 Å². The van der Waals surface area contributed by atoms with E-state index in [1.165, 1.54) is 42.6 Å². The maximum atomic E-state index is 13.5. The zero-order valence-corrected chi connectivity index (χ0v) is 30.6. The highest BCUT2D eigenvalue weighted by Gasteiger charge is 2.38. The number of amides is 2. The van der Waals surface area contributed by atoms with Gasteiger partial charge in [-0.1, -0.05) is 83.1 Å². The second-order valence-corrected chi connectivity index (χ2v) is 16.6. The van der Waals surface area contributed by atoms with E-state index in [-0.39, 0.29) is 36.2 Å². The predicted octanol–water partition coefficient (Wildman–Crippen LogP) is 7.21. The van der Waals surface area contributed by atoms with Crippen LogP contribution in [-0.4, -0.2) is 62.3 Å². The number of hydrogen-bond donors (Lipinski definition) is 3. The van der Waals surface area contributed by atoms with Crippen LogP contribution in [0.3, 0.4) is 0 Å². The summed E-state index contributed by atoms with van der Waals surface area (Å²) in [6.07, 6.45) is 7.73. The molecule has 2 amide bonds. The molecular weight excluding hydrogens is 645 g/mol. The number of likely N-dealkylation sites (tertiary alicyclic amines) is 1. The summed E-state index contributed by atoms with van der Waals surface area (Å²) in [4.78, 5) is 39.4. The van der Waals surface area contributed by atoms with Crippen LogP contribution in [0.2, 0.25) is 0 Å². The number of carbonyl (C=O) groups excluding carboxylic acids is 2. The smallest absolute Gasteiger partial charge is 0.262 e. The van der Waals surface area contributed by atoms with E-state index in [0.29, 0.717) is 23.0 Å². The Morgan fingerprint density at radius 1 is 0.840 bits per heavy atom. The fourth-order valence-corrected chi connectivity index (χ4v) is 8.08. The summed E-state index contributed by atoms with van der Waals surface area (Å²) in [6, 6.07) is 19.6. The van der Waals surface area contributed by atoms with Crippen molar-refractivity contribution in [1.29, 1.82) is 0 Å². The standard InChI is InChI=1S/C41H50N4O4S/c1-25(2)27-10-12-28(13-11-27)29-14-16-30(17-15-29)32-21-42-37(43-22-32)31-8-6-26(7-9-31)20-34(39(47)45-23-33(24-45)40(48)49)44-38(46)35-18-19-36(50-35)41(3,4)5/h6-9,14-19,21-22,25,27-28,33-34,40,48-49H,10-13,20,23-24H2,1-5H3,(H,44,46)/t27-,28-,34-/m0/s1. The first-order valence-corrected chi connectivity index (χ1v) is 18.7. The van der Waals surface area contributed by atoms with Crippen LogP contribution in [0, 0.1) is 17.8 Å². The summed E-state index contributed by atoms with van der Waals surface area (Å²) in [6.45, 7) is 11.5. The molecule has 50 heavy (non-hydrogen) atoms. The molecule has 1 saturated heterocycles. The number of thiophene rings is 1. The first kappa shape index (κ1) is 35.9. The SMILES string of the molecule is CC(C)[C@H]1CC[C@H](c2ccc(-c3cnc(-c4ccc(C[C@H](NC(=O)c5ccc(C(C)(C)C)s5)C(=O)N5CC(C(O)O)C5)cc4)nc3)cc2)CC1. The normalized spacial score (nSPS) is 19.0. The van der Waals surface area contributed by atoms with Crippen molar-refractivity contribution in [3.8, 4) is 22.5 Å². The van der Waals surface area contributed by atoms with E-state index in [4.69, 9.17) is 0 Å². The summed E-state index contributed by atoms with van der Waals surface area (Å²) >= 11 is 1.43. The highest BCUT2D eigenvalue weighted by molar-refractivity contribution is 7.14. The second-order valence-electron chi connectivity index (χ2n) is 15.5. The quantitative estimate of drug-likeness (QED) is 0.151. The van der Waals surface area contributed by atoms with Gasteiger partial charge in [0.25, 0.3) is 5.91 Å². The molecule has 1 saturated carbocycles. The lowest BCUT2D eigenvalue weighted by Gasteiger charge is -2.41. The number of nitrogens with one attached hydrogen (secondary N) is 1. The van der Waals surface area contributed by atoms with Gasteiger partial charge in [-0.3, -0.25) is 9.59 Å². The Kier molecular flexibility index (Phi) is 10.9. The minimum absolute atomic E-state index is 0.0837. The molecule has 1 aliphatic heterocycles. The highest BCUT2D eigenvalue weighted by Crippen LogP contribution is 2.39. The second kappa shape index (κ2) is 15.1. The summed E-state index contributed by atoms with van der Waals surface area (Å²) in [5.41, 5.74) is 5.15. The number of aromatic nitrogens is 2. The molecule has 0 spiro atoms. The van der Waals surface area contributed by atoms with Gasteiger partial charge in [0.05, 0.1) is 4.88 Å². The van der Waals surface area contributed by atoms with Crippen LogP contribution in [0.15, 0.2) is 73.1 Å². The minimum Gasteiger partial charge on any atom is -0.368 e. The maximum Gasteiger partial charge on any atom is 0.262 e. The van der Waals surface area contributed by atoms with Crippen molar-refractivity contribution >= 4 is 23.2 Å². The van der Waals surface area contributed by atoms with Crippen LogP contribution >= 0.6 is 11.3 Å². The van der Waals surface area contributed by atoms with E-state index in [1.54, 1.807) is 11.0 Å². The van der Waals surface area contributed by atoms with Gasteiger partial charge >= 0.3 is 0 Å². The first-order valence-electron chi connectivity index (χ1n) is 17.9. The van der Waals surface area contributed by atoms with Crippen LogP contribution in [0.25, 0.3) is 22.5 Å². The molecule has 2 aromatic carbocycles. The summed E-state index contributed by atoms with van der Waals surface area (Å²) in [5.74, 6) is 1.98. The average molecular weight is 695 g/mol. The van der Waals surface area contributed by atoms with E-state index < -0.39 is 12.3 Å². The molecule has 4 aromatic rings. The van der Waals surface area contributed by atoms with Crippen molar-refractivity contribution in [3.63, 3.8) is 0 Å². The molecule has 3 heterocycles. The van der Waals surface area contributed by atoms with Crippen LogP contribution in [0.1, 0.15) is 91.9 Å². The van der Waals surface area contributed by atoms with Crippen molar-refractivity contribution in [2.45, 2.75) is 90.4 Å². The number of carbonyl (C=O) groups is 2. The van der Waals surface area contributed by atoms with Crippen molar-refractivity contribution < 1.29 is 19.8 Å². The molecule has 0 unspecified atom stereocenters. The molecule has 1 aliphatic carbocycles. The van der Waals surface area contributed by atoms with Gasteiger partial charge in [-0.05, 0) is 77.7 Å². The third-order valence-corrected chi connectivity index (χ3v) is 12.1. The molecule has 3 N–H and O–H groups in total. The highest BCUT2D eigenvalue weighted by atomic mass is 32.1. The van der Waals surface area contributed by atoms with Gasteiger partial charge in [0, 0.05) is 53.8 Å². The Morgan fingerprint density at radius 3 is 2.02 bits per heavy atom. The lowest BCUT2D eigenvalue weighted by Crippen LogP contribution is -2.59. The van der Waals surface area contributed by atoms with Gasteiger partial charge in [-0.25, -0.2) is 9.97 Å². The zero-order valence-electron chi connectivity index (χ0n) is 29.8. The zero-order chi connectivity index (χ0) is 35.6. The Balaban J connectivity index is 1.10. The first-order chi connectivity index (χ1) is 23.9. The fourth-order valence-electron chi connectivity index (χ4n) is 7.11. The lowest BCUT2D eigenvalue weighted by atomic mass is 9.75. The van der Waals surface area contributed by atoms with Crippen molar-refractivity contribution in [2.75, 3.05) is 13.1 Å². The fraction of sp³-hybridized carbons (Fsp3) is 0.463. The Hall–Kier alpha value is -3.92.